The molecular weight excluding hydrogens is 456 g/mol. The molecule has 0 unspecified atom stereocenters. The molecule has 2 aromatic heterocycles. The topological polar surface area (TPSA) is 113 Å². The first-order chi connectivity index (χ1) is 16.2. The van der Waals surface area contributed by atoms with E-state index < -0.39 is 10.0 Å². The van der Waals surface area contributed by atoms with Crippen LogP contribution in [0.25, 0.3) is 16.9 Å². The van der Waals surface area contributed by atoms with Crippen molar-refractivity contribution < 1.29 is 13.2 Å². The predicted molar refractivity (Wildman–Crippen MR) is 130 cm³/mol. The summed E-state index contributed by atoms with van der Waals surface area (Å²) in [5, 5.41) is 4.62. The lowest BCUT2D eigenvalue weighted by atomic mass is 10.2. The van der Waals surface area contributed by atoms with Gasteiger partial charge in [-0.3, -0.25) is 9.69 Å². The molecule has 0 atom stereocenters. The SMILES string of the molecule is CCCc1nc(C)c2c(=O)[nH]c(-c3cc(S(=O)(=O)N4CCN(C(C)C)CC4)ccc3OC)nn12. The molecule has 0 radical (unpaired) electrons. The second-order valence-electron chi connectivity index (χ2n) is 8.82. The Hall–Kier alpha value is -2.76. The van der Waals surface area contributed by atoms with Gasteiger partial charge in [0.1, 0.15) is 11.6 Å². The Morgan fingerprint density at radius 2 is 1.88 bits per heavy atom. The molecule has 184 valence electrons. The smallest absolute Gasteiger partial charge is 0.277 e. The van der Waals surface area contributed by atoms with Crippen molar-refractivity contribution >= 4 is 15.5 Å². The second kappa shape index (κ2) is 9.47. The molecule has 34 heavy (non-hydrogen) atoms. The number of hydrogen-bond donors (Lipinski definition) is 1. The zero-order valence-electron chi connectivity index (χ0n) is 20.3. The number of sulfonamides is 1. The summed E-state index contributed by atoms with van der Waals surface area (Å²) >= 11 is 0. The molecule has 0 bridgehead atoms. The highest BCUT2D eigenvalue weighted by atomic mass is 32.2. The Kier molecular flexibility index (Phi) is 6.79. The molecule has 1 aliphatic heterocycles. The molecule has 1 saturated heterocycles. The zero-order valence-corrected chi connectivity index (χ0v) is 21.1. The van der Waals surface area contributed by atoms with E-state index in [1.54, 1.807) is 17.5 Å². The zero-order chi connectivity index (χ0) is 24.6. The van der Waals surface area contributed by atoms with Gasteiger partial charge in [0.2, 0.25) is 10.0 Å². The number of H-pyrrole nitrogens is 1. The molecule has 0 amide bonds. The highest BCUT2D eigenvalue weighted by molar-refractivity contribution is 7.89. The maximum absolute atomic E-state index is 13.4. The third-order valence-corrected chi connectivity index (χ3v) is 8.18. The summed E-state index contributed by atoms with van der Waals surface area (Å²) in [6.45, 7) is 10.3. The van der Waals surface area contributed by atoms with Crippen molar-refractivity contribution in [3.63, 3.8) is 0 Å². The van der Waals surface area contributed by atoms with Gasteiger partial charge in [0.25, 0.3) is 5.56 Å². The highest BCUT2D eigenvalue weighted by Gasteiger charge is 2.30. The lowest BCUT2D eigenvalue weighted by molar-refractivity contribution is 0.154. The van der Waals surface area contributed by atoms with E-state index in [-0.39, 0.29) is 16.3 Å². The summed E-state index contributed by atoms with van der Waals surface area (Å²) in [7, 11) is -2.22. The Morgan fingerprint density at radius 3 is 2.50 bits per heavy atom. The average Bonchev–Trinajstić information content (AvgIpc) is 3.14. The molecular formula is C23H32N6O4S. The standard InChI is InChI=1S/C23H32N6O4S/c1-6-7-20-24-16(4)21-23(30)25-22(26-29(20)21)18-14-17(8-9-19(18)33-5)34(31,32)28-12-10-27(11-13-28)15(2)3/h8-9,14-15H,6-7,10-13H2,1-5H3,(H,25,26,30). The number of nitrogens with zero attached hydrogens (tertiary/aromatic N) is 5. The van der Waals surface area contributed by atoms with Gasteiger partial charge >= 0.3 is 0 Å². The number of methoxy groups -OCH3 is 1. The van der Waals surface area contributed by atoms with Crippen LogP contribution in [0.1, 0.15) is 38.7 Å². The number of rotatable bonds is 7. The van der Waals surface area contributed by atoms with Crippen LogP contribution in [0.4, 0.5) is 0 Å². The Labute approximate surface area is 199 Å². The normalized spacial score (nSPS) is 15.9. The average molecular weight is 489 g/mol. The van der Waals surface area contributed by atoms with Crippen molar-refractivity contribution in [3.05, 3.63) is 40.1 Å². The van der Waals surface area contributed by atoms with Gasteiger partial charge in [0, 0.05) is 38.6 Å². The molecule has 10 nitrogen and oxygen atoms in total. The van der Waals surface area contributed by atoms with Gasteiger partial charge in [-0.1, -0.05) is 6.92 Å². The van der Waals surface area contributed by atoms with E-state index in [0.717, 1.165) is 6.42 Å². The van der Waals surface area contributed by atoms with Crippen LogP contribution < -0.4 is 10.3 Å². The Balaban J connectivity index is 1.77. The van der Waals surface area contributed by atoms with Crippen LogP contribution in [0.2, 0.25) is 0 Å². The number of benzene rings is 1. The van der Waals surface area contributed by atoms with Crippen LogP contribution in [0, 0.1) is 6.92 Å². The fourth-order valence-electron chi connectivity index (χ4n) is 4.38. The number of aromatic amines is 1. The third-order valence-electron chi connectivity index (χ3n) is 6.28. The molecule has 3 aromatic rings. The number of hydrogen-bond acceptors (Lipinski definition) is 7. The van der Waals surface area contributed by atoms with Crippen molar-refractivity contribution in [3.8, 4) is 17.1 Å². The van der Waals surface area contributed by atoms with Crippen LogP contribution in [0.15, 0.2) is 27.9 Å². The summed E-state index contributed by atoms with van der Waals surface area (Å²) in [6.07, 6.45) is 1.52. The molecule has 0 saturated carbocycles. The summed E-state index contributed by atoms with van der Waals surface area (Å²) in [5.74, 6) is 1.33. The van der Waals surface area contributed by atoms with Crippen LogP contribution in [-0.2, 0) is 16.4 Å². The Morgan fingerprint density at radius 1 is 1.18 bits per heavy atom. The first-order valence-electron chi connectivity index (χ1n) is 11.6. The fraction of sp³-hybridized carbons (Fsp3) is 0.522. The number of aryl methyl sites for hydroxylation is 2. The number of fused-ring (bicyclic) bond motifs is 1. The third kappa shape index (κ3) is 4.35. The van der Waals surface area contributed by atoms with Gasteiger partial charge in [-0.05, 0) is 45.4 Å². The van der Waals surface area contributed by atoms with E-state index >= 15 is 0 Å². The van der Waals surface area contributed by atoms with Gasteiger partial charge in [-0.15, -0.1) is 5.10 Å². The lowest BCUT2D eigenvalue weighted by Gasteiger charge is -2.36. The predicted octanol–water partition coefficient (Wildman–Crippen LogP) is 2.07. The first-order valence-corrected chi connectivity index (χ1v) is 13.0. The number of aromatic nitrogens is 4. The molecule has 1 aliphatic rings. The van der Waals surface area contributed by atoms with E-state index in [1.807, 2.05) is 6.92 Å². The lowest BCUT2D eigenvalue weighted by Crippen LogP contribution is -2.50. The minimum Gasteiger partial charge on any atom is -0.496 e. The maximum Gasteiger partial charge on any atom is 0.277 e. The summed E-state index contributed by atoms with van der Waals surface area (Å²) in [4.78, 5) is 22.6. The summed E-state index contributed by atoms with van der Waals surface area (Å²) in [5.41, 5.74) is 1.06. The quantitative estimate of drug-likeness (QED) is 0.542. The van der Waals surface area contributed by atoms with E-state index in [2.05, 4.69) is 33.8 Å². The van der Waals surface area contributed by atoms with Crippen LogP contribution >= 0.6 is 0 Å². The fourth-order valence-corrected chi connectivity index (χ4v) is 5.83. The highest BCUT2D eigenvalue weighted by Crippen LogP contribution is 2.31. The van der Waals surface area contributed by atoms with E-state index in [1.165, 1.54) is 23.5 Å². The number of ether oxygens (including phenoxy) is 1. The van der Waals surface area contributed by atoms with E-state index in [0.29, 0.717) is 67.0 Å². The molecule has 0 aliphatic carbocycles. The van der Waals surface area contributed by atoms with E-state index in [4.69, 9.17) is 4.74 Å². The van der Waals surface area contributed by atoms with E-state index in [9.17, 15) is 13.2 Å². The summed E-state index contributed by atoms with van der Waals surface area (Å²) < 4.78 is 35.4. The van der Waals surface area contributed by atoms with Crippen molar-refractivity contribution in [1.82, 2.24) is 28.8 Å². The van der Waals surface area contributed by atoms with Crippen LogP contribution in [-0.4, -0.2) is 76.5 Å². The van der Waals surface area contributed by atoms with Gasteiger partial charge in [0.15, 0.2) is 11.3 Å². The van der Waals surface area contributed by atoms with Gasteiger partial charge < -0.3 is 9.72 Å². The molecule has 1 fully saturated rings. The summed E-state index contributed by atoms with van der Waals surface area (Å²) in [6, 6.07) is 5.03. The maximum atomic E-state index is 13.4. The first kappa shape index (κ1) is 24.4. The van der Waals surface area contributed by atoms with Crippen LogP contribution in [0.5, 0.6) is 5.75 Å². The van der Waals surface area contributed by atoms with Gasteiger partial charge in [-0.25, -0.2) is 17.9 Å². The number of piperazine rings is 1. The van der Waals surface area contributed by atoms with Crippen molar-refractivity contribution in [2.24, 2.45) is 0 Å². The van der Waals surface area contributed by atoms with Gasteiger partial charge in [0.05, 0.1) is 23.3 Å². The minimum atomic E-state index is -3.72. The Bertz CT molecular complexity index is 1350. The molecule has 1 N–H and O–H groups in total. The van der Waals surface area contributed by atoms with Gasteiger partial charge in [-0.2, -0.15) is 4.31 Å². The molecule has 11 heteroatoms. The minimum absolute atomic E-state index is 0.139. The molecule has 3 heterocycles. The monoisotopic (exact) mass is 488 g/mol. The largest absolute Gasteiger partial charge is 0.496 e. The second-order valence-corrected chi connectivity index (χ2v) is 10.8. The number of nitrogens with one attached hydrogen (secondary N) is 1. The van der Waals surface area contributed by atoms with Crippen LogP contribution in [0.3, 0.4) is 0 Å². The van der Waals surface area contributed by atoms with Crippen molar-refractivity contribution in [2.75, 3.05) is 33.3 Å². The number of imidazole rings is 1. The molecule has 1 aromatic carbocycles. The van der Waals surface area contributed by atoms with Crippen molar-refractivity contribution in [1.29, 1.82) is 0 Å². The molecule has 0 spiro atoms. The van der Waals surface area contributed by atoms with Crippen molar-refractivity contribution in [2.45, 2.75) is 51.5 Å². The molecule has 4 rings (SSSR count).